The summed E-state index contributed by atoms with van der Waals surface area (Å²) in [6.07, 6.45) is 0. The molecule has 0 aromatic heterocycles. The molecule has 0 bridgehead atoms. The van der Waals surface area contributed by atoms with Gasteiger partial charge in [0.05, 0.1) is 0 Å². The number of hydrogen-bond acceptors (Lipinski definition) is 2. The van der Waals surface area contributed by atoms with Gasteiger partial charge in [0.15, 0.2) is 0 Å². The summed E-state index contributed by atoms with van der Waals surface area (Å²) >= 11 is 0. The van der Waals surface area contributed by atoms with E-state index in [0.717, 1.165) is 0 Å². The molecule has 2 aromatic carbocycles. The predicted octanol–water partition coefficient (Wildman–Crippen LogP) is 3.13. The zero-order valence-corrected chi connectivity index (χ0v) is 8.99. The lowest BCUT2D eigenvalue weighted by atomic mass is 10.2. The molecule has 2 aromatic rings. The van der Waals surface area contributed by atoms with Crippen LogP contribution in [0.4, 0.5) is 14.5 Å². The van der Waals surface area contributed by atoms with Gasteiger partial charge in [-0.2, -0.15) is 0 Å². The number of benzene rings is 2. The molecule has 0 radical (unpaired) electrons. The Bertz CT molecular complexity index is 511. The topological polar surface area (TPSA) is 35.2 Å². The van der Waals surface area contributed by atoms with Crippen LogP contribution in [0.5, 0.6) is 5.75 Å². The standard InChI is InChI=1S/C13H11F2NO/c14-10-2-5-12(6-3-10)17-8-9-1-4-11(16)7-13(9)15/h1-7H,8,16H2. The van der Waals surface area contributed by atoms with Crippen molar-refractivity contribution in [1.29, 1.82) is 0 Å². The number of ether oxygens (including phenoxy) is 1. The molecule has 0 unspecified atom stereocenters. The summed E-state index contributed by atoms with van der Waals surface area (Å²) in [4.78, 5) is 0. The van der Waals surface area contributed by atoms with Gasteiger partial charge in [0.1, 0.15) is 24.0 Å². The highest BCUT2D eigenvalue weighted by atomic mass is 19.1. The number of rotatable bonds is 3. The van der Waals surface area contributed by atoms with Crippen LogP contribution in [0.15, 0.2) is 42.5 Å². The Kier molecular flexibility index (Phi) is 3.23. The second-order valence-corrected chi connectivity index (χ2v) is 3.59. The third-order valence-electron chi connectivity index (χ3n) is 2.29. The maximum absolute atomic E-state index is 13.4. The second-order valence-electron chi connectivity index (χ2n) is 3.59. The van der Waals surface area contributed by atoms with Crippen LogP contribution in [-0.4, -0.2) is 0 Å². The summed E-state index contributed by atoms with van der Waals surface area (Å²) < 4.78 is 31.3. The molecule has 0 spiro atoms. The molecule has 0 atom stereocenters. The minimum Gasteiger partial charge on any atom is -0.489 e. The van der Waals surface area contributed by atoms with Crippen molar-refractivity contribution < 1.29 is 13.5 Å². The first-order chi connectivity index (χ1) is 8.15. The van der Waals surface area contributed by atoms with Gasteiger partial charge >= 0.3 is 0 Å². The number of halogens is 2. The Morgan fingerprint density at radius 2 is 1.71 bits per heavy atom. The molecule has 2 nitrogen and oxygen atoms in total. The molecule has 4 heteroatoms. The average molecular weight is 235 g/mol. The van der Waals surface area contributed by atoms with Gasteiger partial charge in [0, 0.05) is 11.3 Å². The molecule has 88 valence electrons. The summed E-state index contributed by atoms with van der Waals surface area (Å²) in [5, 5.41) is 0. The van der Waals surface area contributed by atoms with E-state index >= 15 is 0 Å². The van der Waals surface area contributed by atoms with Crippen molar-refractivity contribution in [1.82, 2.24) is 0 Å². The van der Waals surface area contributed by atoms with Crippen LogP contribution in [-0.2, 0) is 6.61 Å². The van der Waals surface area contributed by atoms with Crippen LogP contribution >= 0.6 is 0 Å². The number of nitrogens with two attached hydrogens (primary N) is 1. The van der Waals surface area contributed by atoms with Crippen LogP contribution in [0.2, 0.25) is 0 Å². The maximum Gasteiger partial charge on any atom is 0.131 e. The maximum atomic E-state index is 13.4. The molecule has 0 heterocycles. The Morgan fingerprint density at radius 1 is 1.00 bits per heavy atom. The summed E-state index contributed by atoms with van der Waals surface area (Å²) in [5.41, 5.74) is 6.20. The van der Waals surface area contributed by atoms with E-state index in [1.54, 1.807) is 12.1 Å². The predicted molar refractivity (Wildman–Crippen MR) is 61.5 cm³/mol. The quantitative estimate of drug-likeness (QED) is 0.829. The Hall–Kier alpha value is -2.10. The van der Waals surface area contributed by atoms with E-state index in [4.69, 9.17) is 10.5 Å². The lowest BCUT2D eigenvalue weighted by molar-refractivity contribution is 0.299. The van der Waals surface area contributed by atoms with Crippen molar-refractivity contribution in [3.05, 3.63) is 59.7 Å². The summed E-state index contributed by atoms with van der Waals surface area (Å²) in [7, 11) is 0. The Labute approximate surface area is 97.6 Å². The first-order valence-electron chi connectivity index (χ1n) is 5.07. The SMILES string of the molecule is Nc1ccc(COc2ccc(F)cc2)c(F)c1. The van der Waals surface area contributed by atoms with E-state index in [1.165, 1.54) is 30.3 Å². The van der Waals surface area contributed by atoms with E-state index in [1.807, 2.05) is 0 Å². The molecule has 0 aliphatic rings. The minimum atomic E-state index is -0.410. The van der Waals surface area contributed by atoms with E-state index < -0.39 is 5.82 Å². The third-order valence-corrected chi connectivity index (χ3v) is 2.29. The van der Waals surface area contributed by atoms with Crippen LogP contribution < -0.4 is 10.5 Å². The first kappa shape index (κ1) is 11.4. The molecule has 17 heavy (non-hydrogen) atoms. The van der Waals surface area contributed by atoms with Gasteiger partial charge in [0.25, 0.3) is 0 Å². The second kappa shape index (κ2) is 4.82. The summed E-state index contributed by atoms with van der Waals surface area (Å²) in [5.74, 6) is -0.259. The largest absolute Gasteiger partial charge is 0.489 e. The molecule has 0 saturated heterocycles. The highest BCUT2D eigenvalue weighted by molar-refractivity contribution is 5.40. The molecule has 0 saturated carbocycles. The molecule has 0 fully saturated rings. The van der Waals surface area contributed by atoms with Crippen molar-refractivity contribution in [3.63, 3.8) is 0 Å². The van der Waals surface area contributed by atoms with Crippen molar-refractivity contribution in [2.24, 2.45) is 0 Å². The van der Waals surface area contributed by atoms with Crippen LogP contribution in [0.1, 0.15) is 5.56 Å². The zero-order valence-electron chi connectivity index (χ0n) is 8.99. The Balaban J connectivity index is 2.04. The number of nitrogen functional groups attached to an aromatic ring is 1. The fraction of sp³-hybridized carbons (Fsp3) is 0.0769. The minimum absolute atomic E-state index is 0.0811. The van der Waals surface area contributed by atoms with Gasteiger partial charge in [-0.3, -0.25) is 0 Å². The molecule has 2 rings (SSSR count). The van der Waals surface area contributed by atoms with Crippen LogP contribution in [0, 0.1) is 11.6 Å². The van der Waals surface area contributed by atoms with Gasteiger partial charge in [0.2, 0.25) is 0 Å². The van der Waals surface area contributed by atoms with E-state index in [2.05, 4.69) is 0 Å². The molecule has 0 aliphatic heterocycles. The third kappa shape index (κ3) is 2.93. The highest BCUT2D eigenvalue weighted by Crippen LogP contribution is 2.16. The van der Waals surface area contributed by atoms with Crippen molar-refractivity contribution in [2.45, 2.75) is 6.61 Å². The fourth-order valence-electron chi connectivity index (χ4n) is 1.37. The normalized spacial score (nSPS) is 10.2. The van der Waals surface area contributed by atoms with Crippen molar-refractivity contribution in [2.75, 3.05) is 5.73 Å². The number of hydrogen-bond donors (Lipinski definition) is 1. The Morgan fingerprint density at radius 3 is 2.35 bits per heavy atom. The smallest absolute Gasteiger partial charge is 0.131 e. The van der Waals surface area contributed by atoms with Gasteiger partial charge in [-0.05, 0) is 36.4 Å². The van der Waals surface area contributed by atoms with Crippen molar-refractivity contribution in [3.8, 4) is 5.75 Å². The molecular formula is C13H11F2NO. The van der Waals surface area contributed by atoms with Gasteiger partial charge in [-0.15, -0.1) is 0 Å². The molecule has 0 amide bonds. The van der Waals surface area contributed by atoms with Gasteiger partial charge < -0.3 is 10.5 Å². The monoisotopic (exact) mass is 235 g/mol. The first-order valence-corrected chi connectivity index (χ1v) is 5.07. The lowest BCUT2D eigenvalue weighted by Crippen LogP contribution is -1.99. The highest BCUT2D eigenvalue weighted by Gasteiger charge is 2.03. The van der Waals surface area contributed by atoms with Crippen LogP contribution in [0.25, 0.3) is 0 Å². The molecule has 0 aliphatic carbocycles. The van der Waals surface area contributed by atoms with Gasteiger partial charge in [-0.1, -0.05) is 6.07 Å². The van der Waals surface area contributed by atoms with Gasteiger partial charge in [-0.25, -0.2) is 8.78 Å². The molecular weight excluding hydrogens is 224 g/mol. The zero-order chi connectivity index (χ0) is 12.3. The van der Waals surface area contributed by atoms with Crippen molar-refractivity contribution >= 4 is 5.69 Å². The summed E-state index contributed by atoms with van der Waals surface area (Å²) in [6, 6.07) is 9.96. The number of anilines is 1. The van der Waals surface area contributed by atoms with Crippen LogP contribution in [0.3, 0.4) is 0 Å². The fourth-order valence-corrected chi connectivity index (χ4v) is 1.37. The van der Waals surface area contributed by atoms with E-state index in [-0.39, 0.29) is 12.4 Å². The summed E-state index contributed by atoms with van der Waals surface area (Å²) in [6.45, 7) is 0.0811. The molecule has 2 N–H and O–H groups in total. The van der Waals surface area contributed by atoms with E-state index in [0.29, 0.717) is 17.0 Å². The average Bonchev–Trinajstić information content (AvgIpc) is 2.30. The lowest BCUT2D eigenvalue weighted by Gasteiger charge is -2.07. The van der Waals surface area contributed by atoms with E-state index in [9.17, 15) is 8.78 Å².